The van der Waals surface area contributed by atoms with E-state index in [1.54, 1.807) is 12.1 Å². The van der Waals surface area contributed by atoms with Gasteiger partial charge in [0.2, 0.25) is 6.41 Å². The number of hydrogen-bond donors (Lipinski definition) is 0. The van der Waals surface area contributed by atoms with Crippen LogP contribution in [0.3, 0.4) is 0 Å². The third-order valence-corrected chi connectivity index (χ3v) is 3.79. The normalized spacial score (nSPS) is 11.0. The second kappa shape index (κ2) is 6.99. The van der Waals surface area contributed by atoms with Crippen LogP contribution in [0.5, 0.6) is 0 Å². The fourth-order valence-electron chi connectivity index (χ4n) is 2.69. The van der Waals surface area contributed by atoms with Crippen molar-refractivity contribution in [3.8, 4) is 11.1 Å². The second-order valence-corrected chi connectivity index (χ2v) is 5.49. The molecule has 1 aromatic heterocycles. The van der Waals surface area contributed by atoms with Gasteiger partial charge in [-0.25, -0.2) is 17.6 Å². The molecule has 0 aliphatic rings. The summed E-state index contributed by atoms with van der Waals surface area (Å²) in [4.78, 5) is 12.6. The molecule has 1 amide bonds. The van der Waals surface area contributed by atoms with Gasteiger partial charge in [0, 0.05) is 24.4 Å². The molecule has 0 radical (unpaired) electrons. The van der Waals surface area contributed by atoms with E-state index in [1.165, 1.54) is 25.4 Å². The molecule has 0 bridgehead atoms. The van der Waals surface area contributed by atoms with E-state index in [0.717, 1.165) is 27.8 Å². The minimum Gasteiger partial charge on any atom is -0.279 e. The van der Waals surface area contributed by atoms with Crippen molar-refractivity contribution < 1.29 is 22.4 Å². The number of para-hydroxylation sites is 1. The molecule has 26 heavy (non-hydrogen) atoms. The van der Waals surface area contributed by atoms with E-state index in [-0.39, 0.29) is 22.5 Å². The summed E-state index contributed by atoms with van der Waals surface area (Å²) < 4.78 is 55.5. The van der Waals surface area contributed by atoms with E-state index < -0.39 is 23.8 Å². The quantitative estimate of drug-likeness (QED) is 0.491. The lowest BCUT2D eigenvalue weighted by Gasteiger charge is -2.21. The molecule has 0 fully saturated rings. The summed E-state index contributed by atoms with van der Waals surface area (Å²) in [6, 6.07) is 8.97. The fraction of sp³-hybridized carbons (Fsp3) is 0.111. The monoisotopic (exact) mass is 363 g/mol. The average molecular weight is 363 g/mol. The van der Waals surface area contributed by atoms with E-state index >= 15 is 0 Å². The first-order valence-electron chi connectivity index (χ1n) is 7.53. The molecule has 0 unspecified atom stereocenters. The number of aromatic nitrogens is 2. The van der Waals surface area contributed by atoms with Crippen molar-refractivity contribution in [3.63, 3.8) is 0 Å². The molecule has 3 rings (SSSR count). The van der Waals surface area contributed by atoms with Gasteiger partial charge >= 0.3 is 0 Å². The number of benzene rings is 2. The Morgan fingerprint density at radius 1 is 1.08 bits per heavy atom. The number of rotatable bonds is 5. The molecular weight excluding hydrogens is 350 g/mol. The molecule has 0 N–H and O–H groups in total. The highest BCUT2D eigenvalue weighted by atomic mass is 19.3. The number of alkyl halides is 2. The van der Waals surface area contributed by atoms with E-state index in [2.05, 4.69) is 5.10 Å². The molecule has 0 aliphatic heterocycles. The summed E-state index contributed by atoms with van der Waals surface area (Å²) >= 11 is 0. The lowest BCUT2D eigenvalue weighted by atomic mass is 10.0. The Hall–Kier alpha value is -3.16. The van der Waals surface area contributed by atoms with Crippen molar-refractivity contribution in [2.75, 3.05) is 4.90 Å². The van der Waals surface area contributed by atoms with E-state index in [1.807, 2.05) is 0 Å². The topological polar surface area (TPSA) is 38.1 Å². The van der Waals surface area contributed by atoms with Crippen LogP contribution >= 0.6 is 0 Å². The zero-order chi connectivity index (χ0) is 18.8. The highest BCUT2D eigenvalue weighted by Gasteiger charge is 2.25. The van der Waals surface area contributed by atoms with Gasteiger partial charge in [-0.3, -0.25) is 14.4 Å². The Labute approximate surface area is 146 Å². The minimum absolute atomic E-state index is 0.0880. The third-order valence-electron chi connectivity index (χ3n) is 3.79. The molecule has 0 atom stereocenters. The van der Waals surface area contributed by atoms with Crippen LogP contribution in [0, 0.1) is 11.6 Å². The van der Waals surface area contributed by atoms with Crippen LogP contribution in [0.15, 0.2) is 48.7 Å². The minimum atomic E-state index is -2.91. The predicted molar refractivity (Wildman–Crippen MR) is 88.2 cm³/mol. The van der Waals surface area contributed by atoms with Gasteiger partial charge in [-0.2, -0.15) is 5.10 Å². The van der Waals surface area contributed by atoms with Crippen LogP contribution in [0.1, 0.15) is 12.1 Å². The molecule has 3 aromatic rings. The van der Waals surface area contributed by atoms with Crippen molar-refractivity contribution in [3.05, 3.63) is 66.0 Å². The maximum atomic E-state index is 14.2. The first-order chi connectivity index (χ1) is 12.4. The van der Waals surface area contributed by atoms with Gasteiger partial charge in [0.25, 0.3) is 6.43 Å². The maximum absolute atomic E-state index is 14.2. The number of carbonyl (C=O) groups is 1. The number of nitrogens with zero attached hydrogens (tertiary/aromatic N) is 3. The Balaban J connectivity index is 2.21. The van der Waals surface area contributed by atoms with Gasteiger partial charge in [0.1, 0.15) is 11.6 Å². The van der Waals surface area contributed by atoms with Gasteiger partial charge in [-0.05, 0) is 24.3 Å². The van der Waals surface area contributed by atoms with Gasteiger partial charge in [0.05, 0.1) is 11.4 Å². The van der Waals surface area contributed by atoms with Gasteiger partial charge in [-0.15, -0.1) is 0 Å². The summed E-state index contributed by atoms with van der Waals surface area (Å²) in [6.45, 7) is 0. The first-order valence-corrected chi connectivity index (χ1v) is 7.53. The third kappa shape index (κ3) is 3.17. The molecule has 0 saturated heterocycles. The van der Waals surface area contributed by atoms with E-state index in [4.69, 9.17) is 0 Å². The van der Waals surface area contributed by atoms with E-state index in [0.29, 0.717) is 6.41 Å². The summed E-state index contributed by atoms with van der Waals surface area (Å²) in [5, 5.41) is 3.67. The van der Waals surface area contributed by atoms with Crippen molar-refractivity contribution in [1.82, 2.24) is 9.78 Å². The number of aryl methyl sites for hydroxylation is 1. The average Bonchev–Trinajstić information content (AvgIpc) is 3.00. The summed E-state index contributed by atoms with van der Waals surface area (Å²) in [5.74, 6) is -1.37. The smallest absolute Gasteiger partial charge is 0.279 e. The molecule has 0 saturated carbocycles. The van der Waals surface area contributed by atoms with Crippen molar-refractivity contribution in [2.45, 2.75) is 6.43 Å². The largest absolute Gasteiger partial charge is 0.284 e. The SMILES string of the molecule is Cn1cc(N(C=O)c2ccccc2-c2cc(F)ccc2F)c(C(F)F)n1. The van der Waals surface area contributed by atoms with Gasteiger partial charge in [-0.1, -0.05) is 18.2 Å². The summed E-state index contributed by atoms with van der Waals surface area (Å²) in [5.41, 5.74) is -0.506. The number of anilines is 2. The van der Waals surface area contributed by atoms with Crippen LogP contribution < -0.4 is 4.90 Å². The summed E-state index contributed by atoms with van der Waals surface area (Å²) in [6.07, 6.45) is -1.32. The molecule has 8 heteroatoms. The number of carbonyl (C=O) groups excluding carboxylic acids is 1. The molecular formula is C18H13F4N3O. The second-order valence-electron chi connectivity index (χ2n) is 5.49. The summed E-state index contributed by atoms with van der Waals surface area (Å²) in [7, 11) is 1.44. The highest BCUT2D eigenvalue weighted by Crippen LogP contribution is 2.38. The zero-order valence-electron chi connectivity index (χ0n) is 13.5. The molecule has 0 aliphatic carbocycles. The maximum Gasteiger partial charge on any atom is 0.284 e. The lowest BCUT2D eigenvalue weighted by molar-refractivity contribution is -0.106. The predicted octanol–water partition coefficient (Wildman–Crippen LogP) is 4.60. The molecule has 4 nitrogen and oxygen atoms in total. The zero-order valence-corrected chi connectivity index (χ0v) is 13.5. The highest BCUT2D eigenvalue weighted by molar-refractivity contribution is 5.94. The fourth-order valence-corrected chi connectivity index (χ4v) is 2.69. The van der Waals surface area contributed by atoms with Gasteiger partial charge < -0.3 is 0 Å². The van der Waals surface area contributed by atoms with Crippen molar-refractivity contribution >= 4 is 17.8 Å². The van der Waals surface area contributed by atoms with Crippen LogP contribution in [-0.4, -0.2) is 16.2 Å². The van der Waals surface area contributed by atoms with Gasteiger partial charge in [0.15, 0.2) is 5.69 Å². The lowest BCUT2D eigenvalue weighted by Crippen LogP contribution is -2.16. The first kappa shape index (κ1) is 17.7. The van der Waals surface area contributed by atoms with Crippen LogP contribution in [0.4, 0.5) is 28.9 Å². The molecule has 2 aromatic carbocycles. The van der Waals surface area contributed by atoms with Crippen LogP contribution in [-0.2, 0) is 11.8 Å². The van der Waals surface area contributed by atoms with Crippen LogP contribution in [0.2, 0.25) is 0 Å². The van der Waals surface area contributed by atoms with E-state index in [9.17, 15) is 22.4 Å². The Morgan fingerprint density at radius 3 is 2.50 bits per heavy atom. The number of halogens is 4. The number of amides is 1. The van der Waals surface area contributed by atoms with Crippen molar-refractivity contribution in [2.24, 2.45) is 7.05 Å². The molecule has 134 valence electrons. The Morgan fingerprint density at radius 2 is 1.81 bits per heavy atom. The Kier molecular flexibility index (Phi) is 4.75. The van der Waals surface area contributed by atoms with Crippen molar-refractivity contribution in [1.29, 1.82) is 0 Å². The molecule has 0 spiro atoms. The Bertz CT molecular complexity index is 955. The molecule has 1 heterocycles. The number of hydrogen-bond acceptors (Lipinski definition) is 2. The van der Waals surface area contributed by atoms with Crippen LogP contribution in [0.25, 0.3) is 11.1 Å². The standard InChI is InChI=1S/C18H13F4N3O/c1-24-9-16(17(23-24)18(21)22)25(10-26)15-5-3-2-4-12(15)13-8-11(19)6-7-14(13)20/h2-10,18H,1H3.